The minimum absolute atomic E-state index is 0.145. The molecule has 1 aromatic heterocycles. The number of hydrogen-bond donors (Lipinski definition) is 2. The molecule has 1 saturated carbocycles. The summed E-state index contributed by atoms with van der Waals surface area (Å²) in [5, 5.41) is 6.47. The average molecular weight is 341 g/mol. The van der Waals surface area contributed by atoms with Crippen molar-refractivity contribution in [1.29, 1.82) is 0 Å². The normalized spacial score (nSPS) is 17.4. The first-order valence-electron chi connectivity index (χ1n) is 7.93. The minimum Gasteiger partial charge on any atom is -0.480 e. The summed E-state index contributed by atoms with van der Waals surface area (Å²) in [7, 11) is 1.62. The first-order chi connectivity index (χ1) is 10.7. The lowest BCUT2D eigenvalue weighted by Crippen LogP contribution is -2.53. The summed E-state index contributed by atoms with van der Waals surface area (Å²) in [4.78, 5) is 13.0. The largest absolute Gasteiger partial charge is 0.480 e. The number of aromatic nitrogens is 1. The topological polar surface area (TPSA) is 72.5 Å². The third-order valence-electron chi connectivity index (χ3n) is 3.89. The molecule has 23 heavy (non-hydrogen) atoms. The van der Waals surface area contributed by atoms with E-state index in [1.807, 2.05) is 26.8 Å². The van der Waals surface area contributed by atoms with Crippen LogP contribution in [0.4, 0.5) is 4.79 Å². The highest BCUT2D eigenvalue weighted by atomic mass is 32.1. The average Bonchev–Trinajstić information content (AvgIpc) is 3.21. The van der Waals surface area contributed by atoms with Crippen LogP contribution in [0.1, 0.15) is 45.4 Å². The van der Waals surface area contributed by atoms with Crippen LogP contribution in [-0.4, -0.2) is 35.3 Å². The molecular formula is C16H27N3O3S. The van der Waals surface area contributed by atoms with Crippen molar-refractivity contribution in [3.63, 3.8) is 0 Å². The number of amides is 1. The Hall–Kier alpha value is -1.34. The maximum Gasteiger partial charge on any atom is 0.407 e. The van der Waals surface area contributed by atoms with Crippen LogP contribution in [-0.2, 0) is 11.3 Å². The van der Waals surface area contributed by atoms with Gasteiger partial charge in [-0.25, -0.2) is 4.79 Å². The Morgan fingerprint density at radius 1 is 1.39 bits per heavy atom. The van der Waals surface area contributed by atoms with Crippen LogP contribution in [0.25, 0.3) is 0 Å². The second kappa shape index (κ2) is 7.05. The summed E-state index contributed by atoms with van der Waals surface area (Å²) >= 11 is 1.43. The van der Waals surface area contributed by atoms with Crippen LogP contribution >= 0.6 is 11.5 Å². The number of carbonyl (C=O) groups is 1. The van der Waals surface area contributed by atoms with Gasteiger partial charge in [0.1, 0.15) is 5.60 Å². The number of methoxy groups -OCH3 is 1. The van der Waals surface area contributed by atoms with Gasteiger partial charge in [0.2, 0.25) is 5.88 Å². The van der Waals surface area contributed by atoms with Crippen LogP contribution < -0.4 is 15.4 Å². The Bertz CT molecular complexity index is 537. The van der Waals surface area contributed by atoms with Crippen molar-refractivity contribution in [3.8, 4) is 5.88 Å². The van der Waals surface area contributed by atoms with Gasteiger partial charge >= 0.3 is 6.09 Å². The van der Waals surface area contributed by atoms with E-state index >= 15 is 0 Å². The summed E-state index contributed by atoms with van der Waals surface area (Å²) in [5.74, 6) is 1.22. The van der Waals surface area contributed by atoms with E-state index in [1.165, 1.54) is 24.4 Å². The van der Waals surface area contributed by atoms with Crippen LogP contribution in [0.3, 0.4) is 0 Å². The van der Waals surface area contributed by atoms with E-state index in [-0.39, 0.29) is 11.6 Å². The fourth-order valence-electron chi connectivity index (χ4n) is 2.40. The van der Waals surface area contributed by atoms with Gasteiger partial charge < -0.3 is 20.1 Å². The first kappa shape index (κ1) is 18.0. The molecule has 0 radical (unpaired) electrons. The Labute approximate surface area is 142 Å². The Morgan fingerprint density at radius 3 is 2.61 bits per heavy atom. The van der Waals surface area contributed by atoms with Gasteiger partial charge in [-0.1, -0.05) is 0 Å². The number of ether oxygens (including phenoxy) is 2. The Morgan fingerprint density at radius 2 is 2.09 bits per heavy atom. The van der Waals surface area contributed by atoms with E-state index in [0.29, 0.717) is 24.9 Å². The molecule has 0 saturated heterocycles. The van der Waals surface area contributed by atoms with E-state index in [2.05, 4.69) is 21.9 Å². The highest BCUT2D eigenvalue weighted by molar-refractivity contribution is 7.05. The highest BCUT2D eigenvalue weighted by Gasteiger charge is 2.41. The molecule has 2 N–H and O–H groups in total. The summed E-state index contributed by atoms with van der Waals surface area (Å²) in [5.41, 5.74) is -0.624. The minimum atomic E-state index is -0.479. The van der Waals surface area contributed by atoms with Crippen molar-refractivity contribution in [3.05, 3.63) is 10.9 Å². The number of nitrogens with zero attached hydrogens (tertiary/aromatic N) is 1. The van der Waals surface area contributed by atoms with Crippen molar-refractivity contribution in [2.75, 3.05) is 13.7 Å². The number of alkyl carbamates (subject to hydrolysis) is 1. The quantitative estimate of drug-likeness (QED) is 0.798. The number of carbonyl (C=O) groups excluding carboxylic acids is 1. The molecule has 1 heterocycles. The molecule has 0 spiro atoms. The summed E-state index contributed by atoms with van der Waals surface area (Å²) in [6.45, 7) is 9.00. The SMILES string of the molecule is COc1cc(CNC(C)(CNC(=O)OC(C)(C)C)C2CC2)sn1. The molecule has 130 valence electrons. The molecule has 1 unspecified atom stereocenters. The molecule has 0 aliphatic heterocycles. The third-order valence-corrected chi connectivity index (χ3v) is 4.66. The van der Waals surface area contributed by atoms with Crippen LogP contribution in [0, 0.1) is 5.92 Å². The molecule has 1 atom stereocenters. The molecule has 1 aliphatic rings. The molecule has 1 aliphatic carbocycles. The van der Waals surface area contributed by atoms with Crippen LogP contribution in [0.2, 0.25) is 0 Å². The molecule has 2 rings (SSSR count). The van der Waals surface area contributed by atoms with Gasteiger partial charge in [0.15, 0.2) is 0 Å². The number of rotatable bonds is 7. The fraction of sp³-hybridized carbons (Fsp3) is 0.750. The van der Waals surface area contributed by atoms with Crippen molar-refractivity contribution in [2.24, 2.45) is 5.92 Å². The maximum absolute atomic E-state index is 11.9. The second-order valence-corrected chi connectivity index (χ2v) is 8.13. The molecule has 1 fully saturated rings. The molecule has 7 heteroatoms. The molecule has 1 amide bonds. The summed E-state index contributed by atoms with van der Waals surface area (Å²) < 4.78 is 14.6. The van der Waals surface area contributed by atoms with Crippen molar-refractivity contribution in [2.45, 2.75) is 58.2 Å². The lowest BCUT2D eigenvalue weighted by atomic mass is 9.95. The van der Waals surface area contributed by atoms with E-state index in [1.54, 1.807) is 7.11 Å². The smallest absolute Gasteiger partial charge is 0.407 e. The lowest BCUT2D eigenvalue weighted by molar-refractivity contribution is 0.0507. The van der Waals surface area contributed by atoms with Crippen LogP contribution in [0.15, 0.2) is 6.07 Å². The maximum atomic E-state index is 11.9. The highest BCUT2D eigenvalue weighted by Crippen LogP contribution is 2.39. The molecule has 0 aromatic carbocycles. The van der Waals surface area contributed by atoms with Crippen LogP contribution in [0.5, 0.6) is 5.88 Å². The van der Waals surface area contributed by atoms with Crippen molar-refractivity contribution >= 4 is 17.6 Å². The zero-order valence-corrected chi connectivity index (χ0v) is 15.4. The van der Waals surface area contributed by atoms with E-state index < -0.39 is 5.60 Å². The first-order valence-corrected chi connectivity index (χ1v) is 8.71. The van der Waals surface area contributed by atoms with E-state index in [9.17, 15) is 4.79 Å². The Balaban J connectivity index is 1.87. The predicted octanol–water partition coefficient (Wildman–Crippen LogP) is 2.93. The zero-order valence-electron chi connectivity index (χ0n) is 14.6. The summed E-state index contributed by atoms with van der Waals surface area (Å²) in [6.07, 6.45) is 2.00. The monoisotopic (exact) mass is 341 g/mol. The van der Waals surface area contributed by atoms with Gasteiger partial charge in [-0.05, 0) is 58.0 Å². The summed E-state index contributed by atoms with van der Waals surface area (Å²) in [6, 6.07) is 1.94. The zero-order chi connectivity index (χ0) is 17.1. The van der Waals surface area contributed by atoms with Crippen molar-refractivity contribution < 1.29 is 14.3 Å². The van der Waals surface area contributed by atoms with Crippen molar-refractivity contribution in [1.82, 2.24) is 15.0 Å². The molecule has 0 bridgehead atoms. The number of hydrogen-bond acceptors (Lipinski definition) is 6. The molecule has 6 nitrogen and oxygen atoms in total. The Kier molecular flexibility index (Phi) is 5.52. The van der Waals surface area contributed by atoms with Gasteiger partial charge in [0, 0.05) is 29.6 Å². The molecular weight excluding hydrogens is 314 g/mol. The standard InChI is InChI=1S/C16H27N3O3S/c1-15(2,3)22-14(20)17-10-16(4,11-6-7-11)18-9-12-8-13(21-5)19-23-12/h8,11,18H,6-7,9-10H2,1-5H3,(H,17,20). The fourth-order valence-corrected chi connectivity index (χ4v) is 3.03. The van der Waals surface area contributed by atoms with Gasteiger partial charge in [0.05, 0.1) is 7.11 Å². The van der Waals surface area contributed by atoms with E-state index in [0.717, 1.165) is 4.88 Å². The van der Waals surface area contributed by atoms with Gasteiger partial charge in [-0.3, -0.25) is 0 Å². The van der Waals surface area contributed by atoms with Gasteiger partial charge in [-0.15, -0.1) is 0 Å². The van der Waals surface area contributed by atoms with Gasteiger partial charge in [0.25, 0.3) is 0 Å². The predicted molar refractivity (Wildman–Crippen MR) is 90.9 cm³/mol. The number of nitrogens with one attached hydrogen (secondary N) is 2. The lowest BCUT2D eigenvalue weighted by Gasteiger charge is -2.32. The third kappa shape index (κ3) is 5.66. The molecule has 1 aromatic rings. The van der Waals surface area contributed by atoms with Gasteiger partial charge in [-0.2, -0.15) is 4.37 Å². The van der Waals surface area contributed by atoms with E-state index in [4.69, 9.17) is 9.47 Å². The second-order valence-electron chi connectivity index (χ2n) is 7.24.